The number of hydrogen-bond acceptors (Lipinski definition) is 7. The van der Waals surface area contributed by atoms with Crippen LogP contribution in [0.1, 0.15) is 27.2 Å². The molecule has 2 aromatic heterocycles. The number of thiazole rings is 1. The van der Waals surface area contributed by atoms with Gasteiger partial charge >= 0.3 is 5.97 Å². The highest BCUT2D eigenvalue weighted by Crippen LogP contribution is 2.21. The second-order valence-corrected chi connectivity index (χ2v) is 9.69. The Hall–Kier alpha value is -3.50. The highest BCUT2D eigenvalue weighted by atomic mass is 32.2. The first-order valence-electron chi connectivity index (χ1n) is 9.56. The number of fused-ring (bicyclic) bond motifs is 1. The summed E-state index contributed by atoms with van der Waals surface area (Å²) in [6.07, 6.45) is 1.63. The number of anilines is 1. The molecule has 8 nitrogen and oxygen atoms in total. The number of sulfonamides is 1. The van der Waals surface area contributed by atoms with Gasteiger partial charge in [0.05, 0.1) is 16.2 Å². The molecule has 4 aromatic rings. The van der Waals surface area contributed by atoms with Crippen molar-refractivity contribution in [2.24, 2.45) is 0 Å². The van der Waals surface area contributed by atoms with Gasteiger partial charge < -0.3 is 4.74 Å². The molecule has 1 N–H and O–H groups in total. The Kier molecular flexibility index (Phi) is 5.81. The number of hydrogen-bond donors (Lipinski definition) is 1. The van der Waals surface area contributed by atoms with E-state index in [9.17, 15) is 18.0 Å². The average Bonchev–Trinajstić information content (AvgIpc) is 3.23. The van der Waals surface area contributed by atoms with Crippen LogP contribution in [0, 0.1) is 13.8 Å². The van der Waals surface area contributed by atoms with Crippen molar-refractivity contribution in [1.82, 2.24) is 9.38 Å². The van der Waals surface area contributed by atoms with Crippen LogP contribution >= 0.6 is 11.3 Å². The maximum absolute atomic E-state index is 12.7. The molecule has 164 valence electrons. The molecular weight excluding hydrogens is 450 g/mol. The van der Waals surface area contributed by atoms with Gasteiger partial charge in [-0.25, -0.2) is 18.2 Å². The molecule has 2 heterocycles. The molecule has 4 rings (SSSR count). The van der Waals surface area contributed by atoms with Crippen LogP contribution in [0.15, 0.2) is 69.8 Å². The molecule has 0 amide bonds. The maximum Gasteiger partial charge on any atom is 0.338 e. The van der Waals surface area contributed by atoms with Crippen LogP contribution in [0.25, 0.3) is 4.96 Å². The molecule has 0 bridgehead atoms. The number of nitrogens with zero attached hydrogens (tertiary/aromatic N) is 2. The molecule has 0 spiro atoms. The van der Waals surface area contributed by atoms with Crippen LogP contribution in [0.5, 0.6) is 0 Å². The van der Waals surface area contributed by atoms with Crippen molar-refractivity contribution in [3.8, 4) is 0 Å². The van der Waals surface area contributed by atoms with Gasteiger partial charge in [0, 0.05) is 23.3 Å². The van der Waals surface area contributed by atoms with E-state index >= 15 is 0 Å². The summed E-state index contributed by atoms with van der Waals surface area (Å²) in [5.74, 6) is -0.609. The third kappa shape index (κ3) is 4.56. The van der Waals surface area contributed by atoms with E-state index in [0.29, 0.717) is 21.9 Å². The Balaban J connectivity index is 1.44. The summed E-state index contributed by atoms with van der Waals surface area (Å²) < 4.78 is 34.6. The molecule has 0 aliphatic rings. The number of esters is 1. The topological polar surface area (TPSA) is 107 Å². The lowest BCUT2D eigenvalue weighted by molar-refractivity contribution is 0.0468. The highest BCUT2D eigenvalue weighted by Gasteiger charge is 2.17. The van der Waals surface area contributed by atoms with Crippen LogP contribution in [0.3, 0.4) is 0 Å². The van der Waals surface area contributed by atoms with Gasteiger partial charge in [0.1, 0.15) is 6.61 Å². The SMILES string of the molecule is Cc1ccc(C)c(S(=O)(=O)Nc2ccc(C(=O)OCc3cc(=O)n4ccsc4n3)cc2)c1. The van der Waals surface area contributed by atoms with E-state index in [1.807, 2.05) is 13.0 Å². The number of carbonyl (C=O) groups is 1. The van der Waals surface area contributed by atoms with Gasteiger partial charge in [0.25, 0.3) is 15.6 Å². The zero-order valence-electron chi connectivity index (χ0n) is 17.2. The second kappa shape index (κ2) is 8.56. The average molecular weight is 470 g/mol. The highest BCUT2D eigenvalue weighted by molar-refractivity contribution is 7.92. The smallest absolute Gasteiger partial charge is 0.338 e. The first-order chi connectivity index (χ1) is 15.2. The van der Waals surface area contributed by atoms with Crippen LogP contribution < -0.4 is 10.3 Å². The zero-order chi connectivity index (χ0) is 22.9. The summed E-state index contributed by atoms with van der Waals surface area (Å²) in [5.41, 5.74) is 2.14. The van der Waals surface area contributed by atoms with Gasteiger partial charge in [-0.2, -0.15) is 0 Å². The number of ether oxygens (including phenoxy) is 1. The summed E-state index contributed by atoms with van der Waals surface area (Å²) in [4.78, 5) is 29.4. The summed E-state index contributed by atoms with van der Waals surface area (Å²) in [5, 5.41) is 1.75. The standard InChI is InChI=1S/C22H19N3O5S2/c1-14-3-4-15(2)19(11-14)32(28,29)24-17-7-5-16(6-8-17)21(27)30-13-18-12-20(26)25-9-10-31-22(25)23-18/h3-12,24H,13H2,1-2H3. The van der Waals surface area contributed by atoms with Crippen molar-refractivity contribution < 1.29 is 17.9 Å². The Labute approximate surface area is 188 Å². The number of aromatic nitrogens is 2. The zero-order valence-corrected chi connectivity index (χ0v) is 18.9. The van der Waals surface area contributed by atoms with Gasteiger partial charge in [0.15, 0.2) is 4.96 Å². The van der Waals surface area contributed by atoms with Gasteiger partial charge in [-0.05, 0) is 55.3 Å². The lowest BCUT2D eigenvalue weighted by atomic mass is 10.2. The molecule has 0 aliphatic carbocycles. The van der Waals surface area contributed by atoms with Crippen LogP contribution in [0.2, 0.25) is 0 Å². The summed E-state index contributed by atoms with van der Waals surface area (Å²) in [7, 11) is -3.77. The Morgan fingerprint density at radius 2 is 1.88 bits per heavy atom. The normalized spacial score (nSPS) is 11.4. The number of carbonyl (C=O) groups excluding carboxylic acids is 1. The van der Waals surface area contributed by atoms with Crippen molar-refractivity contribution in [2.75, 3.05) is 4.72 Å². The van der Waals surface area contributed by atoms with Crippen molar-refractivity contribution in [1.29, 1.82) is 0 Å². The van der Waals surface area contributed by atoms with E-state index in [2.05, 4.69) is 9.71 Å². The summed E-state index contributed by atoms with van der Waals surface area (Å²) in [6.45, 7) is 3.40. The lowest BCUT2D eigenvalue weighted by Gasteiger charge is -2.11. The molecule has 0 atom stereocenters. The fourth-order valence-electron chi connectivity index (χ4n) is 3.07. The monoisotopic (exact) mass is 469 g/mol. The van der Waals surface area contributed by atoms with E-state index in [4.69, 9.17) is 4.74 Å². The van der Waals surface area contributed by atoms with Crippen molar-refractivity contribution in [3.05, 3.63) is 92.8 Å². The predicted octanol–water partition coefficient (Wildman–Crippen LogP) is 3.53. The minimum absolute atomic E-state index is 0.149. The molecule has 10 heteroatoms. The van der Waals surface area contributed by atoms with E-state index in [-0.39, 0.29) is 22.6 Å². The Bertz CT molecular complexity index is 1470. The molecule has 0 aliphatic heterocycles. The number of benzene rings is 2. The quantitative estimate of drug-likeness (QED) is 0.433. The summed E-state index contributed by atoms with van der Waals surface area (Å²) >= 11 is 1.31. The minimum Gasteiger partial charge on any atom is -0.456 e. The van der Waals surface area contributed by atoms with E-state index in [1.165, 1.54) is 46.1 Å². The predicted molar refractivity (Wildman–Crippen MR) is 122 cm³/mol. The van der Waals surface area contributed by atoms with E-state index in [0.717, 1.165) is 5.56 Å². The largest absolute Gasteiger partial charge is 0.456 e. The fraction of sp³-hybridized carbons (Fsp3) is 0.136. The van der Waals surface area contributed by atoms with Crippen LogP contribution in [-0.2, 0) is 21.4 Å². The van der Waals surface area contributed by atoms with Gasteiger partial charge in [-0.1, -0.05) is 12.1 Å². The molecule has 2 aromatic carbocycles. The Morgan fingerprint density at radius 1 is 1.12 bits per heavy atom. The molecule has 0 fully saturated rings. The van der Waals surface area contributed by atoms with Gasteiger partial charge in [-0.15, -0.1) is 11.3 Å². The summed E-state index contributed by atoms with van der Waals surface area (Å²) in [6, 6.07) is 12.4. The molecule has 0 unspecified atom stereocenters. The molecule has 0 saturated heterocycles. The third-order valence-corrected chi connectivity index (χ3v) is 6.99. The first kappa shape index (κ1) is 21.7. The number of aryl methyl sites for hydroxylation is 2. The van der Waals surface area contributed by atoms with E-state index in [1.54, 1.807) is 30.6 Å². The maximum atomic E-state index is 12.7. The molecule has 0 radical (unpaired) electrons. The molecule has 0 saturated carbocycles. The number of nitrogens with one attached hydrogen (secondary N) is 1. The fourth-order valence-corrected chi connectivity index (χ4v) is 5.19. The second-order valence-electron chi connectivity index (χ2n) is 7.17. The molecule has 32 heavy (non-hydrogen) atoms. The Morgan fingerprint density at radius 3 is 2.62 bits per heavy atom. The minimum atomic E-state index is -3.77. The number of rotatable bonds is 6. The van der Waals surface area contributed by atoms with Gasteiger partial charge in [0.2, 0.25) is 0 Å². The van der Waals surface area contributed by atoms with E-state index < -0.39 is 16.0 Å². The van der Waals surface area contributed by atoms with Crippen molar-refractivity contribution in [3.63, 3.8) is 0 Å². The first-order valence-corrected chi connectivity index (χ1v) is 11.9. The van der Waals surface area contributed by atoms with Crippen LogP contribution in [-0.4, -0.2) is 23.8 Å². The van der Waals surface area contributed by atoms with Gasteiger partial charge in [-0.3, -0.25) is 13.9 Å². The lowest BCUT2D eigenvalue weighted by Crippen LogP contribution is -2.15. The molecular formula is C22H19N3O5S2. The third-order valence-electron chi connectivity index (χ3n) is 4.71. The van der Waals surface area contributed by atoms with Crippen molar-refractivity contribution in [2.45, 2.75) is 25.3 Å². The van der Waals surface area contributed by atoms with Crippen molar-refractivity contribution >= 4 is 38.0 Å². The van der Waals surface area contributed by atoms with Crippen LogP contribution in [0.4, 0.5) is 5.69 Å².